The number of anilines is 1. The zero-order valence-electron chi connectivity index (χ0n) is 8.70. The van der Waals surface area contributed by atoms with Gasteiger partial charge in [0.15, 0.2) is 28.9 Å². The summed E-state index contributed by atoms with van der Waals surface area (Å²) in [5.41, 5.74) is 5.25. The predicted octanol–water partition coefficient (Wildman–Crippen LogP) is 2.43. The van der Waals surface area contributed by atoms with Gasteiger partial charge in [0.1, 0.15) is 5.56 Å². The van der Waals surface area contributed by atoms with Crippen molar-refractivity contribution in [3.8, 4) is 22.8 Å². The van der Waals surface area contributed by atoms with Crippen LogP contribution in [0, 0.1) is 5.82 Å². The minimum Gasteiger partial charge on any atom is -0.504 e. The smallest absolute Gasteiger partial charge is 0.175 e. The van der Waals surface area contributed by atoms with E-state index in [1.54, 1.807) is 0 Å². The minimum atomic E-state index is -0.780. The molecular formula is C10H8ClFN2O3. The van der Waals surface area contributed by atoms with Gasteiger partial charge in [-0.05, 0) is 0 Å². The lowest BCUT2D eigenvalue weighted by atomic mass is 10.1. The van der Waals surface area contributed by atoms with Crippen molar-refractivity contribution in [2.75, 3.05) is 12.8 Å². The van der Waals surface area contributed by atoms with Crippen molar-refractivity contribution in [3.05, 3.63) is 23.0 Å². The van der Waals surface area contributed by atoms with Gasteiger partial charge >= 0.3 is 0 Å². The van der Waals surface area contributed by atoms with Gasteiger partial charge in [-0.2, -0.15) is 0 Å². The Morgan fingerprint density at radius 1 is 1.53 bits per heavy atom. The second-order valence-electron chi connectivity index (χ2n) is 3.22. The van der Waals surface area contributed by atoms with E-state index in [-0.39, 0.29) is 33.7 Å². The Balaban J connectivity index is 2.74. The van der Waals surface area contributed by atoms with Crippen molar-refractivity contribution in [1.29, 1.82) is 0 Å². The number of aromatic hydroxyl groups is 1. The quantitative estimate of drug-likeness (QED) is 0.865. The Morgan fingerprint density at radius 2 is 2.24 bits per heavy atom. The number of ether oxygens (including phenoxy) is 1. The van der Waals surface area contributed by atoms with Crippen LogP contribution in [-0.4, -0.2) is 17.4 Å². The SMILES string of the molecule is COc1c(O)cc(Cl)c(F)c1-c1cc(N)no1. The van der Waals surface area contributed by atoms with E-state index in [4.69, 9.17) is 26.6 Å². The molecule has 1 heterocycles. The van der Waals surface area contributed by atoms with E-state index < -0.39 is 5.82 Å². The third kappa shape index (κ3) is 1.87. The fraction of sp³-hybridized carbons (Fsp3) is 0.100. The van der Waals surface area contributed by atoms with Crippen LogP contribution in [0.25, 0.3) is 11.3 Å². The van der Waals surface area contributed by atoms with Gasteiger partial charge in [0.05, 0.1) is 12.1 Å². The predicted molar refractivity (Wildman–Crippen MR) is 59.5 cm³/mol. The zero-order chi connectivity index (χ0) is 12.6. The summed E-state index contributed by atoms with van der Waals surface area (Å²) < 4.78 is 23.6. The standard InChI is InChI=1S/C10H8ClFN2O3/c1-16-10-5(15)2-4(11)9(12)8(10)6-3-7(13)14-17-6/h2-3,15H,1H3,(H2,13,14). The van der Waals surface area contributed by atoms with Crippen LogP contribution in [0.1, 0.15) is 0 Å². The second kappa shape index (κ2) is 4.14. The van der Waals surface area contributed by atoms with E-state index in [1.165, 1.54) is 13.2 Å². The summed E-state index contributed by atoms with van der Waals surface area (Å²) >= 11 is 5.62. The zero-order valence-corrected chi connectivity index (χ0v) is 9.45. The monoisotopic (exact) mass is 258 g/mol. The molecule has 90 valence electrons. The maximum atomic E-state index is 13.9. The van der Waals surface area contributed by atoms with Crippen molar-refractivity contribution in [1.82, 2.24) is 5.16 Å². The van der Waals surface area contributed by atoms with E-state index in [1.807, 2.05) is 0 Å². The van der Waals surface area contributed by atoms with Crippen LogP contribution in [0.5, 0.6) is 11.5 Å². The molecule has 0 fully saturated rings. The number of halogens is 2. The number of phenolic OH excluding ortho intramolecular Hbond substituents is 1. The molecule has 2 rings (SSSR count). The molecule has 3 N–H and O–H groups in total. The average molecular weight is 259 g/mol. The highest BCUT2D eigenvalue weighted by molar-refractivity contribution is 6.31. The van der Waals surface area contributed by atoms with Crippen LogP contribution >= 0.6 is 11.6 Å². The molecule has 0 radical (unpaired) electrons. The number of hydrogen-bond donors (Lipinski definition) is 2. The normalized spacial score (nSPS) is 10.5. The molecule has 0 atom stereocenters. The third-order valence-corrected chi connectivity index (χ3v) is 2.41. The van der Waals surface area contributed by atoms with Crippen molar-refractivity contribution in [2.24, 2.45) is 0 Å². The Labute approximate surface area is 101 Å². The van der Waals surface area contributed by atoms with Gasteiger partial charge in [0, 0.05) is 12.1 Å². The molecule has 0 saturated carbocycles. The first-order valence-corrected chi connectivity index (χ1v) is 4.90. The van der Waals surface area contributed by atoms with Gasteiger partial charge in [-0.3, -0.25) is 0 Å². The number of benzene rings is 1. The summed E-state index contributed by atoms with van der Waals surface area (Å²) in [6.45, 7) is 0. The summed E-state index contributed by atoms with van der Waals surface area (Å²) in [5.74, 6) is -1.07. The lowest BCUT2D eigenvalue weighted by Crippen LogP contribution is -1.93. The molecule has 0 aliphatic carbocycles. The van der Waals surface area contributed by atoms with Gasteiger partial charge in [0.2, 0.25) is 0 Å². The maximum Gasteiger partial charge on any atom is 0.175 e. The van der Waals surface area contributed by atoms with Gasteiger partial charge in [-0.1, -0.05) is 16.8 Å². The fourth-order valence-corrected chi connectivity index (χ4v) is 1.63. The molecule has 0 unspecified atom stereocenters. The highest BCUT2D eigenvalue weighted by atomic mass is 35.5. The fourth-order valence-electron chi connectivity index (χ4n) is 1.43. The van der Waals surface area contributed by atoms with Crippen LogP contribution in [0.3, 0.4) is 0 Å². The van der Waals surface area contributed by atoms with Crippen molar-refractivity contribution >= 4 is 17.4 Å². The van der Waals surface area contributed by atoms with E-state index in [0.717, 1.165) is 6.07 Å². The molecule has 1 aromatic carbocycles. The summed E-state index contributed by atoms with van der Waals surface area (Å²) in [7, 11) is 1.28. The van der Waals surface area contributed by atoms with Crippen LogP contribution in [0.2, 0.25) is 5.02 Å². The Morgan fingerprint density at radius 3 is 2.76 bits per heavy atom. The van der Waals surface area contributed by atoms with Crippen LogP contribution < -0.4 is 10.5 Å². The van der Waals surface area contributed by atoms with Gasteiger partial charge in [-0.25, -0.2) is 4.39 Å². The topological polar surface area (TPSA) is 81.5 Å². The number of methoxy groups -OCH3 is 1. The Bertz CT molecular complexity index is 571. The number of aromatic nitrogens is 1. The molecule has 7 heteroatoms. The summed E-state index contributed by atoms with van der Waals surface area (Å²) in [6, 6.07) is 2.34. The number of phenols is 1. The average Bonchev–Trinajstić information content (AvgIpc) is 2.69. The summed E-state index contributed by atoms with van der Waals surface area (Å²) in [6.07, 6.45) is 0. The van der Waals surface area contributed by atoms with Crippen molar-refractivity contribution in [3.63, 3.8) is 0 Å². The molecule has 17 heavy (non-hydrogen) atoms. The molecule has 0 spiro atoms. The molecule has 0 aliphatic rings. The first-order valence-electron chi connectivity index (χ1n) is 4.52. The number of nitrogen functional groups attached to an aromatic ring is 1. The summed E-state index contributed by atoms with van der Waals surface area (Å²) in [5, 5.41) is 12.8. The van der Waals surface area contributed by atoms with Gasteiger partial charge < -0.3 is 20.1 Å². The molecule has 0 bridgehead atoms. The van der Waals surface area contributed by atoms with Gasteiger partial charge in [-0.15, -0.1) is 0 Å². The lowest BCUT2D eigenvalue weighted by molar-refractivity contribution is 0.367. The Hall–Kier alpha value is -1.95. The molecule has 5 nitrogen and oxygen atoms in total. The van der Waals surface area contributed by atoms with Crippen LogP contribution in [0.4, 0.5) is 10.2 Å². The molecule has 0 saturated heterocycles. The maximum absolute atomic E-state index is 13.9. The highest BCUT2D eigenvalue weighted by Crippen LogP contribution is 2.42. The van der Waals surface area contributed by atoms with Crippen molar-refractivity contribution < 1.29 is 18.8 Å². The first-order chi connectivity index (χ1) is 8.04. The molecule has 0 aliphatic heterocycles. The highest BCUT2D eigenvalue weighted by Gasteiger charge is 2.22. The first kappa shape index (κ1) is 11.5. The molecule has 0 amide bonds. The number of nitrogens with zero attached hydrogens (tertiary/aromatic N) is 1. The Kier molecular flexibility index (Phi) is 2.81. The molecular weight excluding hydrogens is 251 g/mol. The van der Waals surface area contributed by atoms with Crippen LogP contribution in [0.15, 0.2) is 16.7 Å². The van der Waals surface area contributed by atoms with E-state index in [0.29, 0.717) is 0 Å². The number of nitrogens with two attached hydrogens (primary N) is 1. The lowest BCUT2D eigenvalue weighted by Gasteiger charge is -2.09. The van der Waals surface area contributed by atoms with E-state index in [9.17, 15) is 9.50 Å². The largest absolute Gasteiger partial charge is 0.504 e. The second-order valence-corrected chi connectivity index (χ2v) is 3.62. The van der Waals surface area contributed by atoms with E-state index >= 15 is 0 Å². The number of rotatable bonds is 2. The molecule has 2 aromatic rings. The molecule has 1 aromatic heterocycles. The summed E-state index contributed by atoms with van der Waals surface area (Å²) in [4.78, 5) is 0. The minimum absolute atomic E-state index is 0.0228. The van der Waals surface area contributed by atoms with Crippen LogP contribution in [-0.2, 0) is 0 Å². The third-order valence-electron chi connectivity index (χ3n) is 2.13. The van der Waals surface area contributed by atoms with Crippen molar-refractivity contribution in [2.45, 2.75) is 0 Å². The number of hydrogen-bond acceptors (Lipinski definition) is 5. The van der Waals surface area contributed by atoms with Gasteiger partial charge in [0.25, 0.3) is 0 Å². The van der Waals surface area contributed by atoms with E-state index in [2.05, 4.69) is 5.16 Å².